The Morgan fingerprint density at radius 1 is 1.41 bits per heavy atom. The Kier molecular flexibility index (Phi) is 3.43. The minimum absolute atomic E-state index is 0.0329. The van der Waals surface area contributed by atoms with Crippen molar-refractivity contribution < 1.29 is 9.90 Å². The summed E-state index contributed by atoms with van der Waals surface area (Å²) < 4.78 is 0. The summed E-state index contributed by atoms with van der Waals surface area (Å²) in [5.74, 6) is 0.141. The van der Waals surface area contributed by atoms with E-state index in [-0.39, 0.29) is 23.6 Å². The summed E-state index contributed by atoms with van der Waals surface area (Å²) >= 11 is 0. The Morgan fingerprint density at radius 3 is 2.65 bits per heavy atom. The topological polar surface area (TPSA) is 55.8 Å². The zero-order chi connectivity index (χ0) is 12.6. The zero-order valence-corrected chi connectivity index (χ0v) is 10.9. The second-order valence-electron chi connectivity index (χ2n) is 5.84. The van der Waals surface area contributed by atoms with Crippen LogP contribution in [0.3, 0.4) is 0 Å². The van der Waals surface area contributed by atoms with Crippen LogP contribution in [-0.4, -0.2) is 71.7 Å². The summed E-state index contributed by atoms with van der Waals surface area (Å²) in [6, 6.07) is -0.191. The number of carbonyl (C=O) groups is 1. The smallest absolute Gasteiger partial charge is 0.239 e. The van der Waals surface area contributed by atoms with E-state index in [9.17, 15) is 9.90 Å². The molecule has 0 aliphatic carbocycles. The fraction of sp³-hybridized carbons (Fsp3) is 0.917. The Bertz CT molecular complexity index is 306. The van der Waals surface area contributed by atoms with Gasteiger partial charge in [-0.1, -0.05) is 0 Å². The zero-order valence-electron chi connectivity index (χ0n) is 10.9. The first-order valence-corrected chi connectivity index (χ1v) is 6.31. The van der Waals surface area contributed by atoms with E-state index in [1.54, 1.807) is 0 Å². The number of amides is 1. The fourth-order valence-corrected chi connectivity index (χ4v) is 2.55. The predicted molar refractivity (Wildman–Crippen MR) is 65.7 cm³/mol. The summed E-state index contributed by atoms with van der Waals surface area (Å²) in [5.41, 5.74) is 0.0329. The molecule has 2 heterocycles. The van der Waals surface area contributed by atoms with Crippen molar-refractivity contribution in [3.8, 4) is 0 Å². The number of likely N-dealkylation sites (N-methyl/N-ethyl adjacent to an activating group) is 1. The molecule has 1 amide bonds. The number of hydrogen-bond donors (Lipinski definition) is 2. The molecule has 0 bridgehead atoms. The van der Waals surface area contributed by atoms with E-state index < -0.39 is 0 Å². The monoisotopic (exact) mass is 241 g/mol. The van der Waals surface area contributed by atoms with Gasteiger partial charge in [-0.25, -0.2) is 0 Å². The number of nitrogens with one attached hydrogen (secondary N) is 1. The Morgan fingerprint density at radius 2 is 2.12 bits per heavy atom. The summed E-state index contributed by atoms with van der Waals surface area (Å²) in [5, 5.41) is 12.5. The molecule has 2 N–H and O–H groups in total. The summed E-state index contributed by atoms with van der Waals surface area (Å²) in [6.07, 6.45) is 0.176. The highest BCUT2D eigenvalue weighted by Gasteiger charge is 2.37. The van der Waals surface area contributed by atoms with E-state index in [4.69, 9.17) is 0 Å². The van der Waals surface area contributed by atoms with Gasteiger partial charge in [-0.2, -0.15) is 0 Å². The molecule has 0 saturated carbocycles. The van der Waals surface area contributed by atoms with Gasteiger partial charge in [0, 0.05) is 31.7 Å². The molecule has 5 heteroatoms. The number of carbonyl (C=O) groups excluding carboxylic acids is 1. The molecule has 98 valence electrons. The summed E-state index contributed by atoms with van der Waals surface area (Å²) in [6.45, 7) is 7.30. The molecule has 17 heavy (non-hydrogen) atoms. The molecule has 2 unspecified atom stereocenters. The number of rotatable bonds is 1. The second kappa shape index (κ2) is 4.55. The molecule has 0 aromatic rings. The van der Waals surface area contributed by atoms with Crippen LogP contribution in [0.15, 0.2) is 0 Å². The standard InChI is InChI=1S/C12H23N3O2/c1-12(2)8-15(5-4-14(12)3)11(17)10-6-9(16)7-13-10/h9-10,13,16H,4-8H2,1-3H3. The molecule has 0 aromatic heterocycles. The summed E-state index contributed by atoms with van der Waals surface area (Å²) in [7, 11) is 2.10. The van der Waals surface area contributed by atoms with Crippen molar-refractivity contribution in [1.82, 2.24) is 15.1 Å². The number of aliphatic hydroxyl groups excluding tert-OH is 1. The third-order valence-corrected chi connectivity index (χ3v) is 4.03. The van der Waals surface area contributed by atoms with Crippen molar-refractivity contribution in [2.45, 2.75) is 38.0 Å². The van der Waals surface area contributed by atoms with Crippen LogP contribution < -0.4 is 5.32 Å². The van der Waals surface area contributed by atoms with Gasteiger partial charge in [-0.3, -0.25) is 9.69 Å². The minimum atomic E-state index is -0.371. The number of nitrogens with zero attached hydrogens (tertiary/aromatic N) is 2. The van der Waals surface area contributed by atoms with Crippen molar-refractivity contribution in [1.29, 1.82) is 0 Å². The van der Waals surface area contributed by atoms with Crippen LogP contribution in [0.25, 0.3) is 0 Å². The highest BCUT2D eigenvalue weighted by molar-refractivity contribution is 5.82. The van der Waals surface area contributed by atoms with E-state index in [1.165, 1.54) is 0 Å². The van der Waals surface area contributed by atoms with Crippen LogP contribution in [0.5, 0.6) is 0 Å². The van der Waals surface area contributed by atoms with Crippen LogP contribution in [0.2, 0.25) is 0 Å². The molecule has 2 rings (SSSR count). The third-order valence-electron chi connectivity index (χ3n) is 4.03. The number of β-amino-alcohol motifs (C(OH)–C–C–N with tert-alkyl or cyclic N) is 1. The van der Waals surface area contributed by atoms with Gasteiger partial charge in [0.1, 0.15) is 0 Å². The van der Waals surface area contributed by atoms with E-state index in [1.807, 2.05) is 4.90 Å². The molecular formula is C12H23N3O2. The predicted octanol–water partition coefficient (Wildman–Crippen LogP) is -0.738. The maximum Gasteiger partial charge on any atom is 0.239 e. The minimum Gasteiger partial charge on any atom is -0.392 e. The average molecular weight is 241 g/mol. The average Bonchev–Trinajstić information content (AvgIpc) is 2.68. The highest BCUT2D eigenvalue weighted by atomic mass is 16.3. The highest BCUT2D eigenvalue weighted by Crippen LogP contribution is 2.20. The van der Waals surface area contributed by atoms with Gasteiger partial charge < -0.3 is 15.3 Å². The molecule has 2 atom stereocenters. The van der Waals surface area contributed by atoms with Crippen LogP contribution >= 0.6 is 0 Å². The number of aliphatic hydroxyl groups is 1. The summed E-state index contributed by atoms with van der Waals surface area (Å²) in [4.78, 5) is 16.5. The van der Waals surface area contributed by atoms with Gasteiger partial charge in [0.15, 0.2) is 0 Å². The van der Waals surface area contributed by atoms with Gasteiger partial charge in [0.2, 0.25) is 5.91 Å². The van der Waals surface area contributed by atoms with Crippen LogP contribution in [0.4, 0.5) is 0 Å². The largest absolute Gasteiger partial charge is 0.392 e. The van der Waals surface area contributed by atoms with E-state index >= 15 is 0 Å². The van der Waals surface area contributed by atoms with Gasteiger partial charge in [0.05, 0.1) is 12.1 Å². The van der Waals surface area contributed by atoms with Crippen LogP contribution in [-0.2, 0) is 4.79 Å². The van der Waals surface area contributed by atoms with Gasteiger partial charge in [0.25, 0.3) is 0 Å². The van der Waals surface area contributed by atoms with Gasteiger partial charge in [-0.15, -0.1) is 0 Å². The van der Waals surface area contributed by atoms with Crippen molar-refractivity contribution in [3.63, 3.8) is 0 Å². The lowest BCUT2D eigenvalue weighted by Gasteiger charge is -2.45. The Hall–Kier alpha value is -0.650. The normalized spacial score (nSPS) is 34.0. The first-order valence-electron chi connectivity index (χ1n) is 6.31. The lowest BCUT2D eigenvalue weighted by atomic mass is 9.99. The molecule has 2 aliphatic rings. The van der Waals surface area contributed by atoms with Crippen molar-refractivity contribution in [2.75, 3.05) is 33.2 Å². The Labute approximate surface area is 103 Å². The lowest BCUT2D eigenvalue weighted by Crippen LogP contribution is -2.60. The van der Waals surface area contributed by atoms with Crippen LogP contribution in [0.1, 0.15) is 20.3 Å². The SMILES string of the molecule is CN1CCN(C(=O)C2CC(O)CN2)CC1(C)C. The molecule has 2 aliphatic heterocycles. The van der Waals surface area contributed by atoms with E-state index in [0.29, 0.717) is 13.0 Å². The molecule has 0 aromatic carbocycles. The molecular weight excluding hydrogens is 218 g/mol. The first kappa shape index (κ1) is 12.8. The lowest BCUT2D eigenvalue weighted by molar-refractivity contribution is -0.137. The Balaban J connectivity index is 1.97. The quantitative estimate of drug-likeness (QED) is 0.635. The molecule has 2 fully saturated rings. The van der Waals surface area contributed by atoms with Crippen molar-refractivity contribution in [3.05, 3.63) is 0 Å². The van der Waals surface area contributed by atoms with Crippen molar-refractivity contribution in [2.24, 2.45) is 0 Å². The van der Waals surface area contributed by atoms with Crippen molar-refractivity contribution >= 4 is 5.91 Å². The first-order chi connectivity index (χ1) is 7.90. The second-order valence-corrected chi connectivity index (χ2v) is 5.84. The van der Waals surface area contributed by atoms with Gasteiger partial charge in [-0.05, 0) is 27.3 Å². The maximum atomic E-state index is 12.3. The fourth-order valence-electron chi connectivity index (χ4n) is 2.55. The van der Waals surface area contributed by atoms with E-state index in [2.05, 4.69) is 31.1 Å². The number of piperazine rings is 1. The molecule has 0 spiro atoms. The molecule has 2 saturated heterocycles. The molecule has 0 radical (unpaired) electrons. The van der Waals surface area contributed by atoms with Gasteiger partial charge >= 0.3 is 0 Å². The number of hydrogen-bond acceptors (Lipinski definition) is 4. The van der Waals surface area contributed by atoms with E-state index in [0.717, 1.165) is 19.6 Å². The maximum absolute atomic E-state index is 12.3. The molecule has 5 nitrogen and oxygen atoms in total. The van der Waals surface area contributed by atoms with Crippen LogP contribution in [0, 0.1) is 0 Å². The third kappa shape index (κ3) is 2.61.